The van der Waals surface area contributed by atoms with Crippen molar-refractivity contribution in [1.29, 1.82) is 0 Å². The van der Waals surface area contributed by atoms with Crippen LogP contribution < -0.4 is 10.5 Å². The molecule has 4 heteroatoms. The lowest BCUT2D eigenvalue weighted by Gasteiger charge is -2.16. The normalized spacial score (nSPS) is 10.9. The standard InChI is InChI=1S/C16H23N3O/c1-10-8-14(12(3)13(4)16(10)20-5)15-9-11(2)18-19(15)7-6-17/h8-9H,6-7,17H2,1-5H3. The number of aryl methyl sites for hydroxylation is 2. The Hall–Kier alpha value is -1.81. The molecule has 2 rings (SSSR count). The maximum Gasteiger partial charge on any atom is 0.124 e. The molecule has 0 aliphatic heterocycles. The fourth-order valence-electron chi connectivity index (χ4n) is 2.69. The average molecular weight is 273 g/mol. The Labute approximate surface area is 120 Å². The number of nitrogens with two attached hydrogens (primary N) is 1. The van der Waals surface area contributed by atoms with Gasteiger partial charge >= 0.3 is 0 Å². The predicted molar refractivity (Wildman–Crippen MR) is 82.2 cm³/mol. The highest BCUT2D eigenvalue weighted by Gasteiger charge is 2.15. The van der Waals surface area contributed by atoms with Crippen molar-refractivity contribution >= 4 is 0 Å². The van der Waals surface area contributed by atoms with Crippen molar-refractivity contribution in [1.82, 2.24) is 9.78 Å². The van der Waals surface area contributed by atoms with E-state index in [1.807, 2.05) is 11.6 Å². The number of nitrogens with zero attached hydrogens (tertiary/aromatic N) is 2. The van der Waals surface area contributed by atoms with E-state index in [0.717, 1.165) is 29.2 Å². The lowest BCUT2D eigenvalue weighted by atomic mass is 9.96. The fourth-order valence-corrected chi connectivity index (χ4v) is 2.69. The van der Waals surface area contributed by atoms with Crippen molar-refractivity contribution in [3.8, 4) is 17.0 Å². The van der Waals surface area contributed by atoms with E-state index >= 15 is 0 Å². The van der Waals surface area contributed by atoms with Crippen LogP contribution in [-0.2, 0) is 6.54 Å². The summed E-state index contributed by atoms with van der Waals surface area (Å²) in [5, 5.41) is 4.53. The van der Waals surface area contributed by atoms with Crippen LogP contribution >= 0.6 is 0 Å². The summed E-state index contributed by atoms with van der Waals surface area (Å²) < 4.78 is 7.48. The number of benzene rings is 1. The highest BCUT2D eigenvalue weighted by molar-refractivity contribution is 5.69. The molecule has 0 bridgehead atoms. The third-order valence-corrected chi connectivity index (χ3v) is 3.75. The van der Waals surface area contributed by atoms with Crippen LogP contribution in [0.3, 0.4) is 0 Å². The topological polar surface area (TPSA) is 53.1 Å². The molecule has 1 aromatic heterocycles. The quantitative estimate of drug-likeness (QED) is 0.932. The molecule has 0 radical (unpaired) electrons. The Morgan fingerprint density at radius 1 is 1.15 bits per heavy atom. The number of hydrogen-bond acceptors (Lipinski definition) is 3. The zero-order valence-electron chi connectivity index (χ0n) is 12.9. The maximum atomic E-state index is 5.68. The number of methoxy groups -OCH3 is 1. The SMILES string of the molecule is COc1c(C)cc(-c2cc(C)nn2CCN)c(C)c1C. The van der Waals surface area contributed by atoms with Gasteiger partial charge in [0.15, 0.2) is 0 Å². The lowest BCUT2D eigenvalue weighted by Crippen LogP contribution is -2.12. The van der Waals surface area contributed by atoms with Gasteiger partial charge in [-0.15, -0.1) is 0 Å². The molecule has 2 aromatic rings. The molecular weight excluding hydrogens is 250 g/mol. The number of aromatic nitrogens is 2. The Morgan fingerprint density at radius 2 is 1.85 bits per heavy atom. The van der Waals surface area contributed by atoms with Gasteiger partial charge in [-0.3, -0.25) is 4.68 Å². The highest BCUT2D eigenvalue weighted by Crippen LogP contribution is 2.34. The molecular formula is C16H23N3O. The van der Waals surface area contributed by atoms with E-state index in [2.05, 4.69) is 38.0 Å². The molecule has 0 atom stereocenters. The molecule has 0 fully saturated rings. The van der Waals surface area contributed by atoms with Gasteiger partial charge in [-0.1, -0.05) is 0 Å². The van der Waals surface area contributed by atoms with Gasteiger partial charge in [-0.25, -0.2) is 0 Å². The van der Waals surface area contributed by atoms with E-state index in [4.69, 9.17) is 10.5 Å². The third-order valence-electron chi connectivity index (χ3n) is 3.75. The van der Waals surface area contributed by atoms with Crippen LogP contribution in [0.15, 0.2) is 12.1 Å². The molecule has 0 amide bonds. The third kappa shape index (κ3) is 2.43. The van der Waals surface area contributed by atoms with E-state index in [1.165, 1.54) is 16.7 Å². The first-order valence-corrected chi connectivity index (χ1v) is 6.89. The van der Waals surface area contributed by atoms with Gasteiger partial charge in [0.2, 0.25) is 0 Å². The molecule has 108 valence electrons. The summed E-state index contributed by atoms with van der Waals surface area (Å²) in [7, 11) is 1.72. The predicted octanol–water partition coefficient (Wildman–Crippen LogP) is 2.75. The van der Waals surface area contributed by atoms with Crippen LogP contribution in [0.4, 0.5) is 0 Å². The number of hydrogen-bond donors (Lipinski definition) is 1. The summed E-state index contributed by atoms with van der Waals surface area (Å²) in [4.78, 5) is 0. The molecule has 0 unspecified atom stereocenters. The summed E-state index contributed by atoms with van der Waals surface area (Å²) in [6.07, 6.45) is 0. The van der Waals surface area contributed by atoms with Gasteiger partial charge < -0.3 is 10.5 Å². The van der Waals surface area contributed by atoms with Crippen LogP contribution in [0.1, 0.15) is 22.4 Å². The van der Waals surface area contributed by atoms with E-state index in [-0.39, 0.29) is 0 Å². The monoisotopic (exact) mass is 273 g/mol. The highest BCUT2D eigenvalue weighted by atomic mass is 16.5. The average Bonchev–Trinajstić information content (AvgIpc) is 2.76. The van der Waals surface area contributed by atoms with Crippen molar-refractivity contribution in [3.05, 3.63) is 34.5 Å². The minimum absolute atomic E-state index is 0.585. The molecule has 4 nitrogen and oxygen atoms in total. The van der Waals surface area contributed by atoms with E-state index in [0.29, 0.717) is 6.54 Å². The van der Waals surface area contributed by atoms with Crippen LogP contribution in [0.25, 0.3) is 11.3 Å². The Kier molecular flexibility index (Phi) is 4.14. The summed E-state index contributed by atoms with van der Waals surface area (Å²) in [5.74, 6) is 0.966. The first-order valence-electron chi connectivity index (χ1n) is 6.89. The van der Waals surface area contributed by atoms with Crippen LogP contribution in [0.5, 0.6) is 5.75 Å². The van der Waals surface area contributed by atoms with Crippen LogP contribution in [0, 0.1) is 27.7 Å². The summed E-state index contributed by atoms with van der Waals surface area (Å²) in [6.45, 7) is 9.62. The second-order valence-corrected chi connectivity index (χ2v) is 5.21. The largest absolute Gasteiger partial charge is 0.496 e. The van der Waals surface area contributed by atoms with E-state index in [9.17, 15) is 0 Å². The second-order valence-electron chi connectivity index (χ2n) is 5.21. The summed E-state index contributed by atoms with van der Waals surface area (Å²) in [5.41, 5.74) is 12.6. The minimum Gasteiger partial charge on any atom is -0.496 e. The van der Waals surface area contributed by atoms with Crippen molar-refractivity contribution in [2.45, 2.75) is 34.2 Å². The van der Waals surface area contributed by atoms with Gasteiger partial charge in [0.1, 0.15) is 5.75 Å². The van der Waals surface area contributed by atoms with Gasteiger partial charge in [0, 0.05) is 12.1 Å². The lowest BCUT2D eigenvalue weighted by molar-refractivity contribution is 0.408. The smallest absolute Gasteiger partial charge is 0.124 e. The number of ether oxygens (including phenoxy) is 1. The van der Waals surface area contributed by atoms with Crippen molar-refractivity contribution < 1.29 is 4.74 Å². The Balaban J connectivity index is 2.64. The molecule has 0 spiro atoms. The van der Waals surface area contributed by atoms with Crippen LogP contribution in [-0.4, -0.2) is 23.4 Å². The maximum absolute atomic E-state index is 5.68. The minimum atomic E-state index is 0.585. The first kappa shape index (κ1) is 14.6. The van der Waals surface area contributed by atoms with E-state index in [1.54, 1.807) is 7.11 Å². The molecule has 0 saturated heterocycles. The number of rotatable bonds is 4. The van der Waals surface area contributed by atoms with Gasteiger partial charge in [-0.2, -0.15) is 5.10 Å². The summed E-state index contributed by atoms with van der Waals surface area (Å²) >= 11 is 0. The van der Waals surface area contributed by atoms with E-state index < -0.39 is 0 Å². The fraction of sp³-hybridized carbons (Fsp3) is 0.438. The van der Waals surface area contributed by atoms with Crippen molar-refractivity contribution in [2.75, 3.05) is 13.7 Å². The first-order chi connectivity index (χ1) is 9.49. The van der Waals surface area contributed by atoms with Gasteiger partial charge in [-0.05, 0) is 56.5 Å². The second kappa shape index (κ2) is 5.67. The molecule has 2 N–H and O–H groups in total. The van der Waals surface area contributed by atoms with Crippen molar-refractivity contribution in [3.63, 3.8) is 0 Å². The summed E-state index contributed by atoms with van der Waals surface area (Å²) in [6, 6.07) is 4.29. The van der Waals surface area contributed by atoms with Gasteiger partial charge in [0.25, 0.3) is 0 Å². The molecule has 0 aliphatic rings. The molecule has 0 aliphatic carbocycles. The zero-order chi connectivity index (χ0) is 14.9. The van der Waals surface area contributed by atoms with Crippen LogP contribution in [0.2, 0.25) is 0 Å². The molecule has 0 saturated carbocycles. The zero-order valence-corrected chi connectivity index (χ0v) is 12.9. The Bertz CT molecular complexity index is 629. The Morgan fingerprint density at radius 3 is 2.45 bits per heavy atom. The molecule has 20 heavy (non-hydrogen) atoms. The molecule has 1 aromatic carbocycles. The van der Waals surface area contributed by atoms with Gasteiger partial charge in [0.05, 0.1) is 25.0 Å². The van der Waals surface area contributed by atoms with Crippen molar-refractivity contribution in [2.24, 2.45) is 5.73 Å². The molecule has 1 heterocycles.